The van der Waals surface area contributed by atoms with Crippen molar-refractivity contribution in [2.45, 2.75) is 30.6 Å². The normalized spacial score (nSPS) is 18.4. The number of fused-ring (bicyclic) bond motifs is 1. The number of methoxy groups -OCH3 is 1. The van der Waals surface area contributed by atoms with Crippen molar-refractivity contribution in [2.75, 3.05) is 12.9 Å². The zero-order valence-electron chi connectivity index (χ0n) is 9.26. The molecule has 0 saturated carbocycles. The number of benzene rings is 1. The second-order valence-electron chi connectivity index (χ2n) is 4.47. The van der Waals surface area contributed by atoms with Crippen LogP contribution in [0, 0.1) is 0 Å². The van der Waals surface area contributed by atoms with E-state index in [4.69, 9.17) is 4.74 Å². The number of halogens is 1. The predicted octanol–water partition coefficient (Wildman–Crippen LogP) is 4.23. The summed E-state index contributed by atoms with van der Waals surface area (Å²) >= 11 is 5.45. The molecule has 0 saturated heterocycles. The zero-order chi connectivity index (χ0) is 11.1. The van der Waals surface area contributed by atoms with Gasteiger partial charge in [-0.1, -0.05) is 29.8 Å². The third-order valence-electron chi connectivity index (χ3n) is 2.94. The first-order valence-electron chi connectivity index (χ1n) is 5.05. The van der Waals surface area contributed by atoms with Crippen LogP contribution in [0.3, 0.4) is 0 Å². The van der Waals surface area contributed by atoms with Gasteiger partial charge in [-0.25, -0.2) is 0 Å². The summed E-state index contributed by atoms with van der Waals surface area (Å²) in [5, 5.41) is 0. The lowest BCUT2D eigenvalue weighted by Gasteiger charge is -2.33. The molecule has 0 bridgehead atoms. The molecule has 15 heavy (non-hydrogen) atoms. The van der Waals surface area contributed by atoms with Crippen LogP contribution in [0.25, 0.3) is 0 Å². The molecule has 0 radical (unpaired) electrons. The Labute approximate surface area is 104 Å². The van der Waals surface area contributed by atoms with Crippen LogP contribution in [-0.4, -0.2) is 12.9 Å². The van der Waals surface area contributed by atoms with Crippen LogP contribution < -0.4 is 4.74 Å². The Kier molecular flexibility index (Phi) is 3.04. The first kappa shape index (κ1) is 11.3. The van der Waals surface area contributed by atoms with E-state index in [1.165, 1.54) is 22.6 Å². The molecule has 0 N–H and O–H groups in total. The van der Waals surface area contributed by atoms with Crippen LogP contribution in [0.15, 0.2) is 21.5 Å². The molecular weight excluding hydrogens is 272 g/mol. The van der Waals surface area contributed by atoms with Gasteiger partial charge in [0.1, 0.15) is 5.75 Å². The maximum absolute atomic E-state index is 5.44. The van der Waals surface area contributed by atoms with Crippen molar-refractivity contribution in [1.29, 1.82) is 0 Å². The van der Waals surface area contributed by atoms with Crippen molar-refractivity contribution in [3.63, 3.8) is 0 Å². The average Bonchev–Trinajstić information content (AvgIpc) is 2.18. The molecular formula is C12H15BrOS. The van der Waals surface area contributed by atoms with Crippen LogP contribution in [0.2, 0.25) is 0 Å². The molecule has 0 atom stereocenters. The first-order chi connectivity index (χ1) is 7.04. The summed E-state index contributed by atoms with van der Waals surface area (Å²) in [4.78, 5) is 1.32. The van der Waals surface area contributed by atoms with Gasteiger partial charge in [-0.2, -0.15) is 0 Å². The Hall–Kier alpha value is -0.150. The van der Waals surface area contributed by atoms with Crippen LogP contribution in [0.1, 0.15) is 25.8 Å². The van der Waals surface area contributed by atoms with Gasteiger partial charge in [0.2, 0.25) is 0 Å². The van der Waals surface area contributed by atoms with Crippen LogP contribution in [0.5, 0.6) is 5.75 Å². The fourth-order valence-corrected chi connectivity index (χ4v) is 3.94. The molecule has 0 aromatic heterocycles. The monoisotopic (exact) mass is 286 g/mol. The maximum Gasteiger partial charge on any atom is 0.133 e. The first-order valence-corrected chi connectivity index (χ1v) is 6.83. The summed E-state index contributed by atoms with van der Waals surface area (Å²) in [7, 11) is 1.74. The van der Waals surface area contributed by atoms with Crippen molar-refractivity contribution >= 4 is 27.7 Å². The van der Waals surface area contributed by atoms with Gasteiger partial charge in [-0.05, 0) is 35.3 Å². The van der Waals surface area contributed by atoms with Crippen molar-refractivity contribution in [2.24, 2.45) is 0 Å². The molecule has 0 unspecified atom stereocenters. The highest BCUT2D eigenvalue weighted by Gasteiger charge is 2.30. The van der Waals surface area contributed by atoms with Crippen LogP contribution >= 0.6 is 27.7 Å². The minimum absolute atomic E-state index is 0.262. The van der Waals surface area contributed by atoms with Gasteiger partial charge in [-0.3, -0.25) is 0 Å². The van der Waals surface area contributed by atoms with Gasteiger partial charge in [0, 0.05) is 4.47 Å². The summed E-state index contributed by atoms with van der Waals surface area (Å²) in [5.74, 6) is 2.18. The van der Waals surface area contributed by atoms with E-state index in [-0.39, 0.29) is 5.41 Å². The SMILES string of the molecule is COc1cc(Br)cc2c1SCCC2(C)C. The lowest BCUT2D eigenvalue weighted by Crippen LogP contribution is -2.23. The number of hydrogen-bond acceptors (Lipinski definition) is 2. The molecule has 1 aromatic carbocycles. The Morgan fingerprint density at radius 1 is 1.40 bits per heavy atom. The second-order valence-corrected chi connectivity index (χ2v) is 6.49. The summed E-state index contributed by atoms with van der Waals surface area (Å²) in [6, 6.07) is 4.28. The highest BCUT2D eigenvalue weighted by molar-refractivity contribution is 9.10. The van der Waals surface area contributed by atoms with E-state index in [1.807, 2.05) is 17.8 Å². The molecule has 3 heteroatoms. The minimum Gasteiger partial charge on any atom is -0.496 e. The Bertz CT molecular complexity index is 387. The number of rotatable bonds is 1. The van der Waals surface area contributed by atoms with E-state index in [0.717, 1.165) is 10.2 Å². The molecule has 0 spiro atoms. The van der Waals surface area contributed by atoms with E-state index < -0.39 is 0 Å². The summed E-state index contributed by atoms with van der Waals surface area (Å²) in [6.45, 7) is 4.61. The van der Waals surface area contributed by atoms with E-state index >= 15 is 0 Å². The Morgan fingerprint density at radius 2 is 2.13 bits per heavy atom. The maximum atomic E-state index is 5.44. The topological polar surface area (TPSA) is 9.23 Å². The standard InChI is InChI=1S/C12H15BrOS/c1-12(2)4-5-15-11-9(12)6-8(13)7-10(11)14-3/h6-7H,4-5H2,1-3H3. The van der Waals surface area contributed by atoms with Crippen molar-refractivity contribution in [3.8, 4) is 5.75 Å². The highest BCUT2D eigenvalue weighted by Crippen LogP contribution is 2.47. The van der Waals surface area contributed by atoms with Gasteiger partial charge >= 0.3 is 0 Å². The molecule has 0 fully saturated rings. The Balaban J connectivity index is 2.61. The zero-order valence-corrected chi connectivity index (χ0v) is 11.7. The minimum atomic E-state index is 0.262. The number of ether oxygens (including phenoxy) is 1. The van der Waals surface area contributed by atoms with Crippen molar-refractivity contribution in [3.05, 3.63) is 22.2 Å². The highest BCUT2D eigenvalue weighted by atomic mass is 79.9. The average molecular weight is 287 g/mol. The predicted molar refractivity (Wildman–Crippen MR) is 69.1 cm³/mol. The van der Waals surface area contributed by atoms with Gasteiger partial charge < -0.3 is 4.74 Å². The van der Waals surface area contributed by atoms with E-state index in [2.05, 4.69) is 35.8 Å². The van der Waals surface area contributed by atoms with Crippen LogP contribution in [0.4, 0.5) is 0 Å². The van der Waals surface area contributed by atoms with Crippen LogP contribution in [-0.2, 0) is 5.41 Å². The summed E-state index contributed by atoms with van der Waals surface area (Å²) in [6.07, 6.45) is 1.23. The second kappa shape index (κ2) is 4.02. The third kappa shape index (κ3) is 2.04. The fraction of sp³-hybridized carbons (Fsp3) is 0.500. The molecule has 0 amide bonds. The molecule has 1 nitrogen and oxygen atoms in total. The van der Waals surface area contributed by atoms with Gasteiger partial charge in [0.05, 0.1) is 12.0 Å². The van der Waals surface area contributed by atoms with E-state index in [0.29, 0.717) is 0 Å². The summed E-state index contributed by atoms with van der Waals surface area (Å²) in [5.41, 5.74) is 1.67. The largest absolute Gasteiger partial charge is 0.496 e. The smallest absolute Gasteiger partial charge is 0.133 e. The molecule has 1 heterocycles. The van der Waals surface area contributed by atoms with E-state index in [1.54, 1.807) is 7.11 Å². The van der Waals surface area contributed by atoms with Gasteiger partial charge in [0.25, 0.3) is 0 Å². The quantitative estimate of drug-likeness (QED) is 0.764. The molecule has 1 aromatic rings. The van der Waals surface area contributed by atoms with Gasteiger partial charge in [0.15, 0.2) is 0 Å². The molecule has 2 rings (SSSR count). The Morgan fingerprint density at radius 3 is 2.80 bits per heavy atom. The molecule has 0 aliphatic carbocycles. The molecule has 1 aliphatic rings. The van der Waals surface area contributed by atoms with Crippen molar-refractivity contribution in [1.82, 2.24) is 0 Å². The summed E-state index contributed by atoms with van der Waals surface area (Å²) < 4.78 is 6.54. The van der Waals surface area contributed by atoms with Crippen molar-refractivity contribution < 1.29 is 4.74 Å². The molecule has 82 valence electrons. The fourth-order valence-electron chi connectivity index (χ4n) is 1.91. The van der Waals surface area contributed by atoms with Gasteiger partial charge in [-0.15, -0.1) is 11.8 Å². The number of thioether (sulfide) groups is 1. The van der Waals surface area contributed by atoms with E-state index in [9.17, 15) is 0 Å². The molecule has 1 aliphatic heterocycles. The third-order valence-corrected chi connectivity index (χ3v) is 4.52. The lowest BCUT2D eigenvalue weighted by atomic mass is 9.82. The lowest BCUT2D eigenvalue weighted by molar-refractivity contribution is 0.395. The number of hydrogen-bond donors (Lipinski definition) is 0.